The van der Waals surface area contributed by atoms with Gasteiger partial charge in [-0.25, -0.2) is 0 Å². The van der Waals surface area contributed by atoms with Gasteiger partial charge in [0, 0.05) is 24.8 Å². The van der Waals surface area contributed by atoms with Crippen molar-refractivity contribution in [1.82, 2.24) is 4.90 Å². The molecular weight excluding hydrogens is 242 g/mol. The molecule has 1 unspecified atom stereocenters. The summed E-state index contributed by atoms with van der Waals surface area (Å²) in [4.78, 5) is 13.7. The summed E-state index contributed by atoms with van der Waals surface area (Å²) in [6.45, 7) is 6.26. The van der Waals surface area contributed by atoms with E-state index in [1.54, 1.807) is 0 Å². The van der Waals surface area contributed by atoms with Gasteiger partial charge in [0.15, 0.2) is 0 Å². The summed E-state index contributed by atoms with van der Waals surface area (Å²) >= 11 is 3.48. The zero-order chi connectivity index (χ0) is 10.6. The molecule has 0 saturated carbocycles. The van der Waals surface area contributed by atoms with E-state index < -0.39 is 0 Å². The first kappa shape index (κ1) is 12.0. The van der Waals surface area contributed by atoms with E-state index >= 15 is 0 Å². The number of amides is 1. The maximum Gasteiger partial charge on any atom is 0.222 e. The molecule has 0 aliphatic carbocycles. The molecule has 82 valence electrons. The average Bonchev–Trinajstić information content (AvgIpc) is 2.62. The fourth-order valence-corrected chi connectivity index (χ4v) is 2.28. The lowest BCUT2D eigenvalue weighted by molar-refractivity contribution is -0.130. The first-order valence-corrected chi connectivity index (χ1v) is 6.59. The Morgan fingerprint density at radius 3 is 2.79 bits per heavy atom. The number of rotatable bonds is 4. The van der Waals surface area contributed by atoms with Gasteiger partial charge in [0.05, 0.1) is 0 Å². The van der Waals surface area contributed by atoms with Crippen LogP contribution >= 0.6 is 15.9 Å². The number of likely N-dealkylation sites (tertiary alicyclic amines) is 1. The van der Waals surface area contributed by atoms with Gasteiger partial charge in [0.1, 0.15) is 0 Å². The summed E-state index contributed by atoms with van der Waals surface area (Å²) in [5, 5.41) is 1.03. The topological polar surface area (TPSA) is 20.3 Å². The van der Waals surface area contributed by atoms with Crippen LogP contribution in [0.5, 0.6) is 0 Å². The summed E-state index contributed by atoms with van der Waals surface area (Å²) in [7, 11) is 0. The van der Waals surface area contributed by atoms with Gasteiger partial charge < -0.3 is 4.90 Å². The number of halogens is 1. The quantitative estimate of drug-likeness (QED) is 0.713. The maximum absolute atomic E-state index is 11.7. The number of hydrogen-bond donors (Lipinski definition) is 0. The fourth-order valence-electron chi connectivity index (χ4n) is 1.76. The maximum atomic E-state index is 11.7. The van der Waals surface area contributed by atoms with Crippen molar-refractivity contribution >= 4 is 21.8 Å². The largest absolute Gasteiger partial charge is 0.342 e. The lowest BCUT2D eigenvalue weighted by Crippen LogP contribution is -2.28. The van der Waals surface area contributed by atoms with Gasteiger partial charge in [-0.15, -0.1) is 0 Å². The van der Waals surface area contributed by atoms with Crippen molar-refractivity contribution in [2.45, 2.75) is 33.1 Å². The molecule has 3 heteroatoms. The Morgan fingerprint density at radius 1 is 1.57 bits per heavy atom. The molecule has 0 N–H and O–H groups in total. The highest BCUT2D eigenvalue weighted by molar-refractivity contribution is 9.09. The van der Waals surface area contributed by atoms with Gasteiger partial charge in [-0.05, 0) is 24.7 Å². The van der Waals surface area contributed by atoms with Crippen LogP contribution in [0, 0.1) is 11.8 Å². The molecule has 0 spiro atoms. The second-order valence-corrected chi connectivity index (χ2v) is 5.23. The number of carbonyl (C=O) groups excluding carboxylic acids is 1. The molecule has 0 aromatic carbocycles. The SMILES string of the molecule is CC(C)CCC(=O)N1CCC(CBr)C1. The number of nitrogens with zero attached hydrogens (tertiary/aromatic N) is 1. The first-order valence-electron chi connectivity index (χ1n) is 5.47. The van der Waals surface area contributed by atoms with Gasteiger partial charge >= 0.3 is 0 Å². The monoisotopic (exact) mass is 261 g/mol. The van der Waals surface area contributed by atoms with Crippen molar-refractivity contribution in [3.63, 3.8) is 0 Å². The molecule has 1 heterocycles. The lowest BCUT2D eigenvalue weighted by Gasteiger charge is -2.16. The molecule has 1 aliphatic rings. The van der Waals surface area contributed by atoms with E-state index in [0.29, 0.717) is 17.7 Å². The van der Waals surface area contributed by atoms with Crippen molar-refractivity contribution in [2.24, 2.45) is 11.8 Å². The minimum Gasteiger partial charge on any atom is -0.342 e. The Bertz CT molecular complexity index is 194. The summed E-state index contributed by atoms with van der Waals surface area (Å²) < 4.78 is 0. The minimum atomic E-state index is 0.349. The molecule has 2 nitrogen and oxygen atoms in total. The molecule has 1 fully saturated rings. The molecule has 1 atom stereocenters. The molecule has 1 amide bonds. The van der Waals surface area contributed by atoms with Crippen molar-refractivity contribution in [1.29, 1.82) is 0 Å². The molecule has 1 rings (SSSR count). The number of alkyl halides is 1. The Labute approximate surface area is 95.2 Å². The molecule has 0 bridgehead atoms. The highest BCUT2D eigenvalue weighted by Crippen LogP contribution is 2.19. The van der Waals surface area contributed by atoms with Gasteiger partial charge in [-0.2, -0.15) is 0 Å². The smallest absolute Gasteiger partial charge is 0.222 e. The van der Waals surface area contributed by atoms with Gasteiger partial charge in [0.25, 0.3) is 0 Å². The third-order valence-electron chi connectivity index (χ3n) is 2.79. The average molecular weight is 262 g/mol. The second-order valence-electron chi connectivity index (χ2n) is 4.58. The molecule has 0 aromatic heterocycles. The molecule has 14 heavy (non-hydrogen) atoms. The minimum absolute atomic E-state index is 0.349. The molecule has 0 radical (unpaired) electrons. The van der Waals surface area contributed by atoms with Crippen molar-refractivity contribution < 1.29 is 4.79 Å². The highest BCUT2D eigenvalue weighted by Gasteiger charge is 2.24. The zero-order valence-electron chi connectivity index (χ0n) is 9.13. The van der Waals surface area contributed by atoms with Crippen molar-refractivity contribution in [3.05, 3.63) is 0 Å². The van der Waals surface area contributed by atoms with Crippen LogP contribution in [-0.4, -0.2) is 29.2 Å². The van der Waals surface area contributed by atoms with Crippen LogP contribution in [0.4, 0.5) is 0 Å². The van der Waals surface area contributed by atoms with E-state index in [4.69, 9.17) is 0 Å². The molecular formula is C11H20BrNO. The van der Waals surface area contributed by atoms with Crippen molar-refractivity contribution in [2.75, 3.05) is 18.4 Å². The Kier molecular flexibility index (Phi) is 4.93. The van der Waals surface area contributed by atoms with E-state index in [2.05, 4.69) is 29.8 Å². The Balaban J connectivity index is 2.25. The normalized spacial score (nSPS) is 22.0. The predicted octanol–water partition coefficient (Wildman–Crippen LogP) is 2.67. The van der Waals surface area contributed by atoms with Crippen LogP contribution in [0.2, 0.25) is 0 Å². The number of hydrogen-bond acceptors (Lipinski definition) is 1. The van der Waals surface area contributed by atoms with Crippen LogP contribution < -0.4 is 0 Å². The standard InChI is InChI=1S/C11H20BrNO/c1-9(2)3-4-11(14)13-6-5-10(7-12)8-13/h9-10H,3-8H2,1-2H3. The van der Waals surface area contributed by atoms with Gasteiger partial charge in [-0.1, -0.05) is 29.8 Å². The van der Waals surface area contributed by atoms with Crippen molar-refractivity contribution in [3.8, 4) is 0 Å². The summed E-state index contributed by atoms with van der Waals surface area (Å²) in [5.41, 5.74) is 0. The Hall–Kier alpha value is -0.0500. The van der Waals surface area contributed by atoms with Gasteiger partial charge in [-0.3, -0.25) is 4.79 Å². The van der Waals surface area contributed by atoms with E-state index in [-0.39, 0.29) is 0 Å². The van der Waals surface area contributed by atoms with E-state index in [1.807, 2.05) is 4.90 Å². The van der Waals surface area contributed by atoms with Crippen LogP contribution in [0.3, 0.4) is 0 Å². The fraction of sp³-hybridized carbons (Fsp3) is 0.909. The molecule has 1 saturated heterocycles. The molecule has 1 aliphatic heterocycles. The number of carbonyl (C=O) groups is 1. The third kappa shape index (κ3) is 3.60. The molecule has 0 aromatic rings. The third-order valence-corrected chi connectivity index (χ3v) is 3.71. The van der Waals surface area contributed by atoms with E-state index in [9.17, 15) is 4.79 Å². The Morgan fingerprint density at radius 2 is 2.29 bits per heavy atom. The second kappa shape index (κ2) is 5.74. The lowest BCUT2D eigenvalue weighted by atomic mass is 10.1. The predicted molar refractivity (Wildman–Crippen MR) is 62.6 cm³/mol. The van der Waals surface area contributed by atoms with Crippen LogP contribution in [0.15, 0.2) is 0 Å². The zero-order valence-corrected chi connectivity index (χ0v) is 10.7. The van der Waals surface area contributed by atoms with E-state index in [0.717, 1.165) is 31.3 Å². The summed E-state index contributed by atoms with van der Waals surface area (Å²) in [5.74, 6) is 1.66. The first-order chi connectivity index (χ1) is 6.63. The highest BCUT2D eigenvalue weighted by atomic mass is 79.9. The van der Waals surface area contributed by atoms with Gasteiger partial charge in [0.2, 0.25) is 5.91 Å². The van der Waals surface area contributed by atoms with Crippen LogP contribution in [0.1, 0.15) is 33.1 Å². The summed E-state index contributed by atoms with van der Waals surface area (Å²) in [6.07, 6.45) is 2.92. The van der Waals surface area contributed by atoms with Crippen LogP contribution in [-0.2, 0) is 4.79 Å². The van der Waals surface area contributed by atoms with E-state index in [1.165, 1.54) is 6.42 Å². The van der Waals surface area contributed by atoms with Crippen LogP contribution in [0.25, 0.3) is 0 Å². The summed E-state index contributed by atoms with van der Waals surface area (Å²) in [6, 6.07) is 0.